The monoisotopic (exact) mass is 281 g/mol. The van der Waals surface area contributed by atoms with Crippen molar-refractivity contribution in [2.75, 3.05) is 13.1 Å². The molecule has 1 aliphatic heterocycles. The third kappa shape index (κ3) is 3.01. The van der Waals surface area contributed by atoms with Crippen LogP contribution >= 0.6 is 11.3 Å². The van der Waals surface area contributed by atoms with E-state index in [9.17, 15) is 0 Å². The van der Waals surface area contributed by atoms with E-state index in [2.05, 4.69) is 48.3 Å². The molecule has 0 amide bonds. The Labute approximate surface area is 121 Å². The number of hydrogen-bond donors (Lipinski definition) is 1. The normalized spacial score (nSPS) is 25.4. The van der Waals surface area contributed by atoms with E-state index < -0.39 is 0 Å². The second-order valence-corrected chi connectivity index (χ2v) is 6.61. The van der Waals surface area contributed by atoms with Gasteiger partial charge in [0.1, 0.15) is 5.01 Å². The number of piperazine rings is 1. The van der Waals surface area contributed by atoms with Gasteiger partial charge in [-0.25, -0.2) is 4.98 Å². The fraction of sp³-hybridized carbons (Fsp3) is 0.800. The molecule has 2 rings (SSSR count). The van der Waals surface area contributed by atoms with E-state index in [-0.39, 0.29) is 5.54 Å². The van der Waals surface area contributed by atoms with Crippen molar-refractivity contribution in [2.45, 2.75) is 64.6 Å². The zero-order chi connectivity index (χ0) is 13.9. The van der Waals surface area contributed by atoms with E-state index in [4.69, 9.17) is 0 Å². The highest BCUT2D eigenvalue weighted by Gasteiger charge is 2.38. The summed E-state index contributed by atoms with van der Waals surface area (Å²) in [4.78, 5) is 7.22. The van der Waals surface area contributed by atoms with Gasteiger partial charge < -0.3 is 5.32 Å². The summed E-state index contributed by atoms with van der Waals surface area (Å²) in [6.07, 6.45) is 5.46. The molecule has 1 N–H and O–H groups in total. The summed E-state index contributed by atoms with van der Waals surface area (Å²) in [7, 11) is 0. The van der Waals surface area contributed by atoms with Gasteiger partial charge in [-0.1, -0.05) is 20.8 Å². The maximum Gasteiger partial charge on any atom is 0.110 e. The molecule has 0 spiro atoms. The molecule has 0 aromatic carbocycles. The van der Waals surface area contributed by atoms with Crippen molar-refractivity contribution in [3.63, 3.8) is 0 Å². The van der Waals surface area contributed by atoms with Crippen molar-refractivity contribution in [3.8, 4) is 0 Å². The van der Waals surface area contributed by atoms with E-state index in [0.717, 1.165) is 19.5 Å². The topological polar surface area (TPSA) is 28.2 Å². The highest BCUT2D eigenvalue weighted by molar-refractivity contribution is 7.09. The molecule has 19 heavy (non-hydrogen) atoms. The van der Waals surface area contributed by atoms with Crippen LogP contribution in [-0.2, 0) is 0 Å². The predicted octanol–water partition coefficient (Wildman–Crippen LogP) is 3.45. The molecule has 1 aromatic rings. The molecule has 0 saturated carbocycles. The fourth-order valence-electron chi connectivity index (χ4n) is 3.13. The largest absolute Gasteiger partial charge is 0.308 e. The van der Waals surface area contributed by atoms with Crippen LogP contribution in [0.25, 0.3) is 0 Å². The van der Waals surface area contributed by atoms with Crippen LogP contribution in [-0.4, -0.2) is 34.6 Å². The number of aromatic nitrogens is 1. The van der Waals surface area contributed by atoms with Crippen LogP contribution in [0, 0.1) is 0 Å². The summed E-state index contributed by atoms with van der Waals surface area (Å²) in [6, 6.07) is 1.06. The SMILES string of the molecule is CCC(c1nccs1)N1CC(CC)(CC)NCC1C. The fourth-order valence-corrected chi connectivity index (χ4v) is 3.98. The maximum absolute atomic E-state index is 4.55. The van der Waals surface area contributed by atoms with Gasteiger partial charge in [-0.05, 0) is 26.2 Å². The van der Waals surface area contributed by atoms with Crippen LogP contribution in [0.3, 0.4) is 0 Å². The Hall–Kier alpha value is -0.450. The lowest BCUT2D eigenvalue weighted by atomic mass is 9.87. The van der Waals surface area contributed by atoms with E-state index in [0.29, 0.717) is 12.1 Å². The molecule has 4 heteroatoms. The average Bonchev–Trinajstić information content (AvgIpc) is 2.96. The van der Waals surface area contributed by atoms with Crippen LogP contribution in [0.1, 0.15) is 58.0 Å². The molecule has 2 unspecified atom stereocenters. The Bertz CT molecular complexity index is 373. The minimum absolute atomic E-state index is 0.289. The van der Waals surface area contributed by atoms with Gasteiger partial charge in [0.15, 0.2) is 0 Å². The minimum Gasteiger partial charge on any atom is -0.308 e. The first-order chi connectivity index (χ1) is 9.15. The van der Waals surface area contributed by atoms with E-state index >= 15 is 0 Å². The van der Waals surface area contributed by atoms with Crippen molar-refractivity contribution in [1.82, 2.24) is 15.2 Å². The van der Waals surface area contributed by atoms with E-state index in [1.54, 1.807) is 11.3 Å². The average molecular weight is 281 g/mol. The molecule has 1 saturated heterocycles. The Morgan fingerprint density at radius 3 is 2.74 bits per heavy atom. The third-order valence-corrected chi connectivity index (χ3v) is 5.58. The molecule has 1 fully saturated rings. The number of nitrogens with zero attached hydrogens (tertiary/aromatic N) is 2. The molecule has 1 aliphatic rings. The molecule has 1 aromatic heterocycles. The Morgan fingerprint density at radius 1 is 1.47 bits per heavy atom. The van der Waals surface area contributed by atoms with Gasteiger partial charge in [-0.3, -0.25) is 4.90 Å². The van der Waals surface area contributed by atoms with Crippen LogP contribution in [0.15, 0.2) is 11.6 Å². The quantitative estimate of drug-likeness (QED) is 0.896. The van der Waals surface area contributed by atoms with Gasteiger partial charge in [0, 0.05) is 36.2 Å². The number of nitrogens with one attached hydrogen (secondary N) is 1. The maximum atomic E-state index is 4.55. The zero-order valence-corrected chi connectivity index (χ0v) is 13.5. The number of hydrogen-bond acceptors (Lipinski definition) is 4. The second-order valence-electron chi connectivity index (χ2n) is 5.68. The van der Waals surface area contributed by atoms with Crippen molar-refractivity contribution in [3.05, 3.63) is 16.6 Å². The summed E-state index contributed by atoms with van der Waals surface area (Å²) >= 11 is 1.79. The Morgan fingerprint density at radius 2 is 2.21 bits per heavy atom. The van der Waals surface area contributed by atoms with Crippen molar-refractivity contribution < 1.29 is 0 Å². The third-order valence-electron chi connectivity index (χ3n) is 4.70. The second kappa shape index (κ2) is 6.33. The standard InChI is InChI=1S/C15H27N3S/c1-5-13(14-16-8-9-19-14)18-11-15(6-2,7-3)17-10-12(18)4/h8-9,12-13,17H,5-7,10-11H2,1-4H3. The summed E-state index contributed by atoms with van der Waals surface area (Å²) in [5.41, 5.74) is 0.289. The smallest absolute Gasteiger partial charge is 0.110 e. The van der Waals surface area contributed by atoms with Crippen molar-refractivity contribution in [1.29, 1.82) is 0 Å². The molecular formula is C15H27N3S. The van der Waals surface area contributed by atoms with Gasteiger partial charge in [0.25, 0.3) is 0 Å². The van der Waals surface area contributed by atoms with Crippen LogP contribution in [0.5, 0.6) is 0 Å². The molecule has 3 nitrogen and oxygen atoms in total. The highest BCUT2D eigenvalue weighted by atomic mass is 32.1. The Balaban J connectivity index is 2.20. The first-order valence-corrected chi connectivity index (χ1v) is 8.44. The van der Waals surface area contributed by atoms with Gasteiger partial charge in [0.2, 0.25) is 0 Å². The lowest BCUT2D eigenvalue weighted by Crippen LogP contribution is -2.63. The van der Waals surface area contributed by atoms with E-state index in [1.165, 1.54) is 17.8 Å². The molecule has 0 aliphatic carbocycles. The molecule has 0 bridgehead atoms. The van der Waals surface area contributed by atoms with Gasteiger partial charge in [-0.2, -0.15) is 0 Å². The summed E-state index contributed by atoms with van der Waals surface area (Å²) < 4.78 is 0. The van der Waals surface area contributed by atoms with Crippen LogP contribution < -0.4 is 5.32 Å². The number of rotatable bonds is 5. The molecule has 0 radical (unpaired) electrons. The van der Waals surface area contributed by atoms with E-state index in [1.807, 2.05) is 6.20 Å². The molecule has 108 valence electrons. The zero-order valence-electron chi connectivity index (χ0n) is 12.6. The van der Waals surface area contributed by atoms with Gasteiger partial charge in [-0.15, -0.1) is 11.3 Å². The minimum atomic E-state index is 0.289. The summed E-state index contributed by atoms with van der Waals surface area (Å²) in [5.74, 6) is 0. The molecule has 2 atom stereocenters. The van der Waals surface area contributed by atoms with Crippen molar-refractivity contribution in [2.24, 2.45) is 0 Å². The van der Waals surface area contributed by atoms with Crippen LogP contribution in [0.2, 0.25) is 0 Å². The molecule has 2 heterocycles. The predicted molar refractivity (Wildman–Crippen MR) is 82.6 cm³/mol. The highest BCUT2D eigenvalue weighted by Crippen LogP contribution is 2.33. The van der Waals surface area contributed by atoms with Gasteiger partial charge >= 0.3 is 0 Å². The lowest BCUT2D eigenvalue weighted by Gasteiger charge is -2.49. The first-order valence-electron chi connectivity index (χ1n) is 7.56. The lowest BCUT2D eigenvalue weighted by molar-refractivity contribution is 0.0417. The summed E-state index contributed by atoms with van der Waals surface area (Å²) in [5, 5.41) is 7.15. The summed E-state index contributed by atoms with van der Waals surface area (Å²) in [6.45, 7) is 11.4. The first kappa shape index (κ1) is 14.9. The van der Waals surface area contributed by atoms with Gasteiger partial charge in [0.05, 0.1) is 6.04 Å². The number of thiazole rings is 1. The van der Waals surface area contributed by atoms with Crippen molar-refractivity contribution >= 4 is 11.3 Å². The Kier molecular flexibility index (Phi) is 4.98. The molecular weight excluding hydrogens is 254 g/mol. The van der Waals surface area contributed by atoms with Crippen LogP contribution in [0.4, 0.5) is 0 Å².